The molecule has 4 heteroatoms. The fraction of sp³-hybridized carbons (Fsp3) is 0.500. The number of nitrogens with zero attached hydrogens (tertiary/aromatic N) is 2. The number of phenols is 1. The Kier molecular flexibility index (Phi) is 8.67. The van der Waals surface area contributed by atoms with Gasteiger partial charge in [0.2, 0.25) is 0 Å². The summed E-state index contributed by atoms with van der Waals surface area (Å²) >= 11 is 1.74. The maximum absolute atomic E-state index is 9.33. The van der Waals surface area contributed by atoms with E-state index in [1.807, 2.05) is 24.5 Å². The highest BCUT2D eigenvalue weighted by Gasteiger charge is 2.02. The van der Waals surface area contributed by atoms with Crippen LogP contribution < -0.4 is 0 Å². The maximum atomic E-state index is 9.33. The summed E-state index contributed by atoms with van der Waals surface area (Å²) in [5, 5.41) is 10.2. The zero-order valence-corrected chi connectivity index (χ0v) is 15.4. The van der Waals surface area contributed by atoms with Crippen LogP contribution in [0.25, 0.3) is 11.1 Å². The number of hydrogen-bond donors (Lipinski definition) is 1. The lowest BCUT2D eigenvalue weighted by molar-refractivity contribution is 0.475. The molecule has 1 aromatic carbocycles. The molecule has 1 N–H and O–H groups in total. The summed E-state index contributed by atoms with van der Waals surface area (Å²) in [6, 6.07) is 7.11. The maximum Gasteiger partial charge on any atom is 0.187 e. The van der Waals surface area contributed by atoms with Gasteiger partial charge in [-0.25, -0.2) is 9.97 Å². The Morgan fingerprint density at radius 3 is 2.00 bits per heavy atom. The van der Waals surface area contributed by atoms with Crippen LogP contribution in [0.3, 0.4) is 0 Å². The molecular formula is C20H28N2OS. The first kappa shape index (κ1) is 18.8. The second-order valence-corrected chi connectivity index (χ2v) is 7.19. The summed E-state index contributed by atoms with van der Waals surface area (Å²) in [6.07, 6.45) is 14.5. The van der Waals surface area contributed by atoms with E-state index in [4.69, 9.17) is 0 Å². The van der Waals surface area contributed by atoms with Crippen molar-refractivity contribution in [2.75, 3.05) is 5.75 Å². The third kappa shape index (κ3) is 6.91. The molecule has 0 unspecified atom stereocenters. The van der Waals surface area contributed by atoms with Crippen molar-refractivity contribution in [3.63, 3.8) is 0 Å². The van der Waals surface area contributed by atoms with Crippen LogP contribution in [-0.4, -0.2) is 20.8 Å². The molecule has 1 heterocycles. The third-order valence-electron chi connectivity index (χ3n) is 4.06. The highest BCUT2D eigenvalue weighted by Crippen LogP contribution is 2.22. The molecule has 1 aromatic heterocycles. The number of phenolic OH excluding ortho intramolecular Hbond substituents is 1. The average Bonchev–Trinajstić information content (AvgIpc) is 2.62. The average molecular weight is 345 g/mol. The van der Waals surface area contributed by atoms with Gasteiger partial charge in [0.05, 0.1) is 0 Å². The molecular weight excluding hydrogens is 316 g/mol. The van der Waals surface area contributed by atoms with Crippen LogP contribution in [0.2, 0.25) is 0 Å². The Morgan fingerprint density at radius 2 is 1.38 bits per heavy atom. The van der Waals surface area contributed by atoms with Gasteiger partial charge in [0, 0.05) is 23.7 Å². The first-order valence-corrected chi connectivity index (χ1v) is 10.0. The molecule has 0 aliphatic rings. The molecule has 0 atom stereocenters. The monoisotopic (exact) mass is 344 g/mol. The normalized spacial score (nSPS) is 10.9. The van der Waals surface area contributed by atoms with E-state index in [9.17, 15) is 5.11 Å². The van der Waals surface area contributed by atoms with E-state index in [0.29, 0.717) is 0 Å². The first-order chi connectivity index (χ1) is 11.8. The van der Waals surface area contributed by atoms with Gasteiger partial charge in [-0.3, -0.25) is 0 Å². The van der Waals surface area contributed by atoms with Crippen LogP contribution >= 0.6 is 11.8 Å². The summed E-state index contributed by atoms with van der Waals surface area (Å²) in [6.45, 7) is 2.26. The molecule has 3 nitrogen and oxygen atoms in total. The Balaban J connectivity index is 1.63. The van der Waals surface area contributed by atoms with Crippen molar-refractivity contribution >= 4 is 11.8 Å². The highest BCUT2D eigenvalue weighted by molar-refractivity contribution is 7.99. The predicted molar refractivity (Wildman–Crippen MR) is 102 cm³/mol. The van der Waals surface area contributed by atoms with Gasteiger partial charge in [-0.1, -0.05) is 75.8 Å². The van der Waals surface area contributed by atoms with E-state index in [1.54, 1.807) is 23.9 Å². The Morgan fingerprint density at radius 1 is 0.792 bits per heavy atom. The molecule has 130 valence electrons. The first-order valence-electron chi connectivity index (χ1n) is 9.04. The fourth-order valence-corrected chi connectivity index (χ4v) is 3.38. The standard InChI is InChI=1S/C20H28N2OS/c1-2-3-4-5-6-7-8-9-14-24-20-21-15-18(16-22-20)17-10-12-19(23)13-11-17/h10-13,15-16,23H,2-9,14H2,1H3. The van der Waals surface area contributed by atoms with Gasteiger partial charge >= 0.3 is 0 Å². The Hall–Kier alpha value is -1.55. The van der Waals surface area contributed by atoms with Gasteiger partial charge < -0.3 is 5.11 Å². The van der Waals surface area contributed by atoms with Gasteiger partial charge in [-0.15, -0.1) is 0 Å². The van der Waals surface area contributed by atoms with Crippen molar-refractivity contribution < 1.29 is 5.11 Å². The molecule has 0 spiro atoms. The van der Waals surface area contributed by atoms with E-state index in [-0.39, 0.29) is 5.75 Å². The number of thioether (sulfide) groups is 1. The van der Waals surface area contributed by atoms with Crippen LogP contribution in [0, 0.1) is 0 Å². The van der Waals surface area contributed by atoms with E-state index >= 15 is 0 Å². The summed E-state index contributed by atoms with van der Waals surface area (Å²) in [5.41, 5.74) is 2.00. The van der Waals surface area contributed by atoms with E-state index in [1.165, 1.54) is 51.4 Å². The van der Waals surface area contributed by atoms with Crippen LogP contribution in [0.5, 0.6) is 5.75 Å². The lowest BCUT2D eigenvalue weighted by atomic mass is 10.1. The Labute approximate surface area is 149 Å². The number of aromatic nitrogens is 2. The quantitative estimate of drug-likeness (QED) is 0.305. The molecule has 0 saturated heterocycles. The van der Waals surface area contributed by atoms with E-state index < -0.39 is 0 Å². The molecule has 2 rings (SSSR count). The van der Waals surface area contributed by atoms with Gasteiger partial charge in [0.15, 0.2) is 5.16 Å². The number of aromatic hydroxyl groups is 1. The van der Waals surface area contributed by atoms with Crippen molar-refractivity contribution in [2.24, 2.45) is 0 Å². The lowest BCUT2D eigenvalue weighted by Crippen LogP contribution is -1.90. The largest absolute Gasteiger partial charge is 0.508 e. The zero-order chi connectivity index (χ0) is 17.0. The van der Waals surface area contributed by atoms with Gasteiger partial charge in [-0.2, -0.15) is 0 Å². The minimum Gasteiger partial charge on any atom is -0.508 e. The van der Waals surface area contributed by atoms with Crippen molar-refractivity contribution in [1.29, 1.82) is 0 Å². The van der Waals surface area contributed by atoms with E-state index in [2.05, 4.69) is 16.9 Å². The SMILES string of the molecule is CCCCCCCCCCSc1ncc(-c2ccc(O)cc2)cn1. The van der Waals surface area contributed by atoms with Crippen LogP contribution in [-0.2, 0) is 0 Å². The third-order valence-corrected chi connectivity index (χ3v) is 5.02. The summed E-state index contributed by atoms with van der Waals surface area (Å²) in [4.78, 5) is 8.87. The van der Waals surface area contributed by atoms with E-state index in [0.717, 1.165) is 22.0 Å². The number of hydrogen-bond acceptors (Lipinski definition) is 4. The van der Waals surface area contributed by atoms with Crippen LogP contribution in [0.1, 0.15) is 58.3 Å². The highest BCUT2D eigenvalue weighted by atomic mass is 32.2. The van der Waals surface area contributed by atoms with Crippen molar-refractivity contribution in [3.8, 4) is 16.9 Å². The molecule has 0 fully saturated rings. The molecule has 2 aromatic rings. The van der Waals surface area contributed by atoms with Crippen LogP contribution in [0.4, 0.5) is 0 Å². The number of unbranched alkanes of at least 4 members (excludes halogenated alkanes) is 7. The molecule has 0 aliphatic carbocycles. The fourth-order valence-electron chi connectivity index (χ4n) is 2.59. The molecule has 0 radical (unpaired) electrons. The second-order valence-electron chi connectivity index (χ2n) is 6.12. The summed E-state index contributed by atoms with van der Waals surface area (Å²) in [5.74, 6) is 1.37. The summed E-state index contributed by atoms with van der Waals surface area (Å²) < 4.78 is 0. The lowest BCUT2D eigenvalue weighted by Gasteiger charge is -2.04. The van der Waals surface area contributed by atoms with Crippen molar-refractivity contribution in [3.05, 3.63) is 36.7 Å². The smallest absolute Gasteiger partial charge is 0.187 e. The van der Waals surface area contributed by atoms with Crippen molar-refractivity contribution in [2.45, 2.75) is 63.4 Å². The van der Waals surface area contributed by atoms with Crippen LogP contribution in [0.15, 0.2) is 41.8 Å². The summed E-state index contributed by atoms with van der Waals surface area (Å²) in [7, 11) is 0. The molecule has 24 heavy (non-hydrogen) atoms. The predicted octanol–water partition coefficient (Wildman–Crippen LogP) is 6.08. The Bertz CT molecular complexity index is 569. The second kappa shape index (κ2) is 11.1. The molecule has 0 aliphatic heterocycles. The molecule has 0 bridgehead atoms. The number of benzene rings is 1. The zero-order valence-electron chi connectivity index (χ0n) is 14.6. The minimum atomic E-state index is 0.275. The molecule has 0 saturated carbocycles. The van der Waals surface area contributed by atoms with Crippen molar-refractivity contribution in [1.82, 2.24) is 9.97 Å². The molecule has 0 amide bonds. The van der Waals surface area contributed by atoms with Gasteiger partial charge in [-0.05, 0) is 24.1 Å². The number of rotatable bonds is 11. The van der Waals surface area contributed by atoms with Gasteiger partial charge in [0.25, 0.3) is 0 Å². The topological polar surface area (TPSA) is 46.0 Å². The van der Waals surface area contributed by atoms with Gasteiger partial charge in [0.1, 0.15) is 5.75 Å². The minimum absolute atomic E-state index is 0.275.